The molecule has 3 aromatic rings. The lowest BCUT2D eigenvalue weighted by Gasteiger charge is -2.32. The Morgan fingerprint density at radius 1 is 0.884 bits per heavy atom. The van der Waals surface area contributed by atoms with E-state index in [1.54, 1.807) is 19.1 Å². The van der Waals surface area contributed by atoms with Crippen LogP contribution in [-0.4, -0.2) is 58.5 Å². The molecule has 11 heteroatoms. The molecule has 0 saturated carbocycles. The second-order valence-corrected chi connectivity index (χ2v) is 13.6. The summed E-state index contributed by atoms with van der Waals surface area (Å²) in [6.45, 7) is 9.37. The van der Waals surface area contributed by atoms with Crippen molar-refractivity contribution in [1.29, 1.82) is 0 Å². The van der Waals surface area contributed by atoms with Crippen molar-refractivity contribution in [3.05, 3.63) is 81.8 Å². The summed E-state index contributed by atoms with van der Waals surface area (Å²) in [5, 5.41) is 2.89. The highest BCUT2D eigenvalue weighted by atomic mass is 79.9. The maximum atomic E-state index is 14.2. The van der Waals surface area contributed by atoms with Crippen LogP contribution >= 0.6 is 15.9 Å². The second kappa shape index (κ2) is 14.7. The number of amides is 2. The van der Waals surface area contributed by atoms with E-state index in [-0.39, 0.29) is 29.0 Å². The van der Waals surface area contributed by atoms with Crippen LogP contribution in [0.15, 0.2) is 70.0 Å². The van der Waals surface area contributed by atoms with Crippen molar-refractivity contribution in [2.45, 2.75) is 52.1 Å². The normalized spacial score (nSPS) is 12.0. The van der Waals surface area contributed by atoms with E-state index < -0.39 is 28.5 Å². The summed E-state index contributed by atoms with van der Waals surface area (Å²) in [5.74, 6) is -0.0170. The van der Waals surface area contributed by atoms with Gasteiger partial charge in [-0.15, -0.1) is 0 Å². The average molecular weight is 675 g/mol. The SMILES string of the molecule is COc1ccc(S(=O)(=O)N(CC(=O)N(Cc2ccc(Br)cc2)C(C)C(=O)NCC(C)C)c2cc(C)cc(C)c2)cc1OC. The number of benzene rings is 3. The van der Waals surface area contributed by atoms with E-state index in [0.717, 1.165) is 25.5 Å². The summed E-state index contributed by atoms with van der Waals surface area (Å²) >= 11 is 3.43. The molecule has 1 N–H and O–H groups in total. The molecule has 232 valence electrons. The first kappa shape index (κ1) is 33.9. The number of aryl methyl sites for hydroxylation is 2. The number of halogens is 1. The van der Waals surface area contributed by atoms with Gasteiger partial charge in [0.1, 0.15) is 12.6 Å². The monoisotopic (exact) mass is 673 g/mol. The van der Waals surface area contributed by atoms with Gasteiger partial charge in [-0.3, -0.25) is 13.9 Å². The number of sulfonamides is 1. The van der Waals surface area contributed by atoms with Crippen molar-refractivity contribution in [2.75, 3.05) is 31.6 Å². The lowest BCUT2D eigenvalue weighted by molar-refractivity contribution is -0.139. The second-order valence-electron chi connectivity index (χ2n) is 10.8. The first-order chi connectivity index (χ1) is 20.3. The number of methoxy groups -OCH3 is 2. The molecule has 9 nitrogen and oxygen atoms in total. The van der Waals surface area contributed by atoms with E-state index in [2.05, 4.69) is 21.2 Å². The van der Waals surface area contributed by atoms with E-state index in [0.29, 0.717) is 18.0 Å². The van der Waals surface area contributed by atoms with Gasteiger partial charge in [-0.1, -0.05) is 48.0 Å². The van der Waals surface area contributed by atoms with Crippen LogP contribution in [-0.2, 0) is 26.2 Å². The van der Waals surface area contributed by atoms with Crippen LogP contribution in [0, 0.1) is 19.8 Å². The van der Waals surface area contributed by atoms with Crippen LogP contribution in [0.4, 0.5) is 5.69 Å². The highest BCUT2D eigenvalue weighted by Crippen LogP contribution is 2.33. The molecule has 0 aliphatic heterocycles. The van der Waals surface area contributed by atoms with Crippen molar-refractivity contribution < 1.29 is 27.5 Å². The summed E-state index contributed by atoms with van der Waals surface area (Å²) in [6, 6.07) is 16.2. The van der Waals surface area contributed by atoms with E-state index in [4.69, 9.17) is 9.47 Å². The molecule has 0 aliphatic rings. The third-order valence-electron chi connectivity index (χ3n) is 6.83. The van der Waals surface area contributed by atoms with E-state index >= 15 is 0 Å². The molecule has 2 amide bonds. The Bertz CT molecular complexity index is 1520. The standard InChI is InChI=1S/C32H40BrN3O6S/c1-21(2)18-34-32(38)24(5)35(19-25-8-10-26(33)11-9-25)31(37)20-36(27-15-22(3)14-23(4)16-27)43(39,40)28-12-13-29(41-6)30(17-28)42-7/h8-17,21,24H,18-20H2,1-7H3,(H,34,38). The van der Waals surface area contributed by atoms with Gasteiger partial charge in [0.2, 0.25) is 11.8 Å². The minimum Gasteiger partial charge on any atom is -0.493 e. The molecule has 1 unspecified atom stereocenters. The van der Waals surface area contributed by atoms with E-state index in [1.807, 2.05) is 58.0 Å². The van der Waals surface area contributed by atoms with Gasteiger partial charge in [0, 0.05) is 23.6 Å². The van der Waals surface area contributed by atoms with Gasteiger partial charge >= 0.3 is 0 Å². The lowest BCUT2D eigenvalue weighted by Crippen LogP contribution is -2.51. The number of nitrogens with one attached hydrogen (secondary N) is 1. The van der Waals surface area contributed by atoms with Crippen LogP contribution in [0.1, 0.15) is 37.5 Å². The first-order valence-corrected chi connectivity index (χ1v) is 16.1. The molecule has 0 radical (unpaired) electrons. The molecule has 43 heavy (non-hydrogen) atoms. The Hall–Kier alpha value is -3.57. The third-order valence-corrected chi connectivity index (χ3v) is 9.13. The number of rotatable bonds is 13. The Labute approximate surface area is 263 Å². The van der Waals surface area contributed by atoms with Crippen molar-refractivity contribution >= 4 is 43.5 Å². The van der Waals surface area contributed by atoms with E-state index in [9.17, 15) is 18.0 Å². The number of anilines is 1. The maximum Gasteiger partial charge on any atom is 0.264 e. The van der Waals surface area contributed by atoms with Gasteiger partial charge < -0.3 is 19.7 Å². The number of nitrogens with zero attached hydrogens (tertiary/aromatic N) is 2. The van der Waals surface area contributed by atoms with Crippen LogP contribution in [0.3, 0.4) is 0 Å². The fraction of sp³-hybridized carbons (Fsp3) is 0.375. The van der Waals surface area contributed by atoms with Gasteiger partial charge in [-0.2, -0.15) is 0 Å². The van der Waals surface area contributed by atoms with Gasteiger partial charge in [-0.05, 0) is 79.8 Å². The van der Waals surface area contributed by atoms with Gasteiger partial charge in [0.05, 0.1) is 24.8 Å². The summed E-state index contributed by atoms with van der Waals surface area (Å²) < 4.78 is 41.1. The summed E-state index contributed by atoms with van der Waals surface area (Å²) in [7, 11) is -1.39. The Kier molecular flexibility index (Phi) is 11.6. The molecule has 0 fully saturated rings. The topological polar surface area (TPSA) is 105 Å². The minimum absolute atomic E-state index is 0.0701. The minimum atomic E-state index is -4.28. The summed E-state index contributed by atoms with van der Waals surface area (Å²) in [5.41, 5.74) is 2.80. The number of carbonyl (C=O) groups excluding carboxylic acids is 2. The van der Waals surface area contributed by atoms with Crippen molar-refractivity contribution in [1.82, 2.24) is 10.2 Å². The fourth-order valence-corrected chi connectivity index (χ4v) is 6.23. The molecule has 0 aliphatic carbocycles. The zero-order valence-electron chi connectivity index (χ0n) is 25.7. The Balaban J connectivity index is 2.09. The fourth-order valence-electron chi connectivity index (χ4n) is 4.55. The molecule has 0 aromatic heterocycles. The van der Waals surface area contributed by atoms with Crippen LogP contribution in [0.5, 0.6) is 11.5 Å². The van der Waals surface area contributed by atoms with Crippen molar-refractivity contribution in [2.24, 2.45) is 5.92 Å². The largest absolute Gasteiger partial charge is 0.493 e. The molecular formula is C32H40BrN3O6S. The van der Waals surface area contributed by atoms with Crippen molar-refractivity contribution in [3.8, 4) is 11.5 Å². The summed E-state index contributed by atoms with van der Waals surface area (Å²) in [4.78, 5) is 28.6. The van der Waals surface area contributed by atoms with Crippen LogP contribution < -0.4 is 19.1 Å². The van der Waals surface area contributed by atoms with Crippen LogP contribution in [0.25, 0.3) is 0 Å². The zero-order valence-corrected chi connectivity index (χ0v) is 28.1. The molecule has 1 atom stereocenters. The molecule has 0 heterocycles. The number of hydrogen-bond acceptors (Lipinski definition) is 6. The predicted molar refractivity (Wildman–Crippen MR) is 172 cm³/mol. The van der Waals surface area contributed by atoms with Crippen molar-refractivity contribution in [3.63, 3.8) is 0 Å². The molecule has 0 bridgehead atoms. The Morgan fingerprint density at radius 3 is 2.05 bits per heavy atom. The smallest absolute Gasteiger partial charge is 0.264 e. The molecular weight excluding hydrogens is 634 g/mol. The van der Waals surface area contributed by atoms with Gasteiger partial charge in [-0.25, -0.2) is 8.42 Å². The average Bonchev–Trinajstić information content (AvgIpc) is 2.96. The molecule has 0 spiro atoms. The maximum absolute atomic E-state index is 14.2. The zero-order chi connectivity index (χ0) is 31.9. The summed E-state index contributed by atoms with van der Waals surface area (Å²) in [6.07, 6.45) is 0. The number of ether oxygens (including phenoxy) is 2. The molecule has 0 saturated heterocycles. The quantitative estimate of drug-likeness (QED) is 0.258. The van der Waals surface area contributed by atoms with Gasteiger partial charge in [0.15, 0.2) is 11.5 Å². The lowest BCUT2D eigenvalue weighted by atomic mass is 10.1. The number of carbonyl (C=O) groups is 2. The molecule has 3 aromatic carbocycles. The third kappa shape index (κ3) is 8.73. The predicted octanol–water partition coefficient (Wildman–Crippen LogP) is 5.47. The highest BCUT2D eigenvalue weighted by Gasteiger charge is 2.33. The highest BCUT2D eigenvalue weighted by molar-refractivity contribution is 9.10. The first-order valence-electron chi connectivity index (χ1n) is 13.9. The van der Waals surface area contributed by atoms with E-state index in [1.165, 1.54) is 37.3 Å². The van der Waals surface area contributed by atoms with Gasteiger partial charge in [0.25, 0.3) is 10.0 Å². The number of hydrogen-bond donors (Lipinski definition) is 1. The Morgan fingerprint density at radius 2 is 1.49 bits per heavy atom. The van der Waals surface area contributed by atoms with Crippen LogP contribution in [0.2, 0.25) is 0 Å². The molecule has 3 rings (SSSR count).